The van der Waals surface area contributed by atoms with E-state index < -0.39 is 10.0 Å². The fourth-order valence-electron chi connectivity index (χ4n) is 3.96. The number of methoxy groups -OCH3 is 1. The van der Waals surface area contributed by atoms with Crippen molar-refractivity contribution in [1.82, 2.24) is 4.31 Å². The van der Waals surface area contributed by atoms with E-state index in [0.29, 0.717) is 11.4 Å². The summed E-state index contributed by atoms with van der Waals surface area (Å²) in [5.41, 5.74) is 1.37. The van der Waals surface area contributed by atoms with Crippen LogP contribution in [-0.4, -0.2) is 52.4 Å². The van der Waals surface area contributed by atoms with Gasteiger partial charge in [0, 0.05) is 25.8 Å². The molecule has 2 aromatic carbocycles. The van der Waals surface area contributed by atoms with Crippen molar-refractivity contribution >= 4 is 27.3 Å². The Bertz CT molecular complexity index is 986. The number of nitrogens with one attached hydrogen (secondary N) is 1. The van der Waals surface area contributed by atoms with Gasteiger partial charge in [0.2, 0.25) is 15.9 Å². The third-order valence-corrected chi connectivity index (χ3v) is 7.71. The zero-order valence-electron chi connectivity index (χ0n) is 18.4. The van der Waals surface area contributed by atoms with Gasteiger partial charge in [0.25, 0.3) is 0 Å². The van der Waals surface area contributed by atoms with Crippen molar-refractivity contribution in [2.75, 3.05) is 38.0 Å². The smallest absolute Gasteiger partial charge is 0.243 e. The molecule has 0 spiro atoms. The quantitative estimate of drug-likeness (QED) is 0.670. The lowest BCUT2D eigenvalue weighted by Crippen LogP contribution is -2.38. The van der Waals surface area contributed by atoms with Crippen LogP contribution < -0.4 is 15.0 Å². The van der Waals surface area contributed by atoms with E-state index in [1.165, 1.54) is 10.7 Å². The summed E-state index contributed by atoms with van der Waals surface area (Å²) in [5, 5.41) is 2.82. The van der Waals surface area contributed by atoms with Gasteiger partial charge in [0.1, 0.15) is 5.75 Å². The number of para-hydroxylation sites is 2. The van der Waals surface area contributed by atoms with Crippen molar-refractivity contribution in [3.63, 3.8) is 0 Å². The van der Waals surface area contributed by atoms with Gasteiger partial charge >= 0.3 is 0 Å². The lowest BCUT2D eigenvalue weighted by atomic mass is 9.96. The molecule has 8 heteroatoms. The minimum absolute atomic E-state index is 0.0589. The van der Waals surface area contributed by atoms with E-state index in [0.717, 1.165) is 31.4 Å². The van der Waals surface area contributed by atoms with E-state index in [-0.39, 0.29) is 23.4 Å². The third-order valence-electron chi connectivity index (χ3n) is 5.78. The topological polar surface area (TPSA) is 79.0 Å². The Morgan fingerprint density at radius 1 is 1.03 bits per heavy atom. The maximum atomic E-state index is 12.9. The number of amides is 1. The molecule has 0 aromatic heterocycles. The molecule has 1 N–H and O–H groups in total. The molecule has 0 unspecified atom stereocenters. The van der Waals surface area contributed by atoms with Crippen LogP contribution in [0.3, 0.4) is 0 Å². The van der Waals surface area contributed by atoms with Gasteiger partial charge in [0.15, 0.2) is 0 Å². The summed E-state index contributed by atoms with van der Waals surface area (Å²) in [7, 11) is 1.52. The number of hydrogen-bond acceptors (Lipinski definition) is 5. The van der Waals surface area contributed by atoms with E-state index in [9.17, 15) is 13.2 Å². The lowest BCUT2D eigenvalue weighted by molar-refractivity contribution is -0.114. The summed E-state index contributed by atoms with van der Waals surface area (Å²) in [6.07, 6.45) is 5.12. The summed E-state index contributed by atoms with van der Waals surface area (Å²) >= 11 is 0. The molecule has 0 aliphatic heterocycles. The highest BCUT2D eigenvalue weighted by atomic mass is 32.2. The van der Waals surface area contributed by atoms with Gasteiger partial charge in [0.05, 0.1) is 24.2 Å². The number of carbonyl (C=O) groups is 1. The van der Waals surface area contributed by atoms with Crippen LogP contribution >= 0.6 is 0 Å². The van der Waals surface area contributed by atoms with Gasteiger partial charge in [-0.2, -0.15) is 4.31 Å². The first-order valence-corrected chi connectivity index (χ1v) is 12.0. The summed E-state index contributed by atoms with van der Waals surface area (Å²) in [6, 6.07) is 13.9. The van der Waals surface area contributed by atoms with Crippen molar-refractivity contribution in [2.24, 2.45) is 0 Å². The molecule has 168 valence electrons. The van der Waals surface area contributed by atoms with Crippen LogP contribution in [0.25, 0.3) is 0 Å². The fraction of sp³-hybridized carbons (Fsp3) is 0.435. The average molecular weight is 446 g/mol. The van der Waals surface area contributed by atoms with E-state index in [1.807, 2.05) is 31.3 Å². The number of likely N-dealkylation sites (N-methyl/N-ethyl adjacent to an activating group) is 1. The monoisotopic (exact) mass is 445 g/mol. The Morgan fingerprint density at radius 2 is 1.68 bits per heavy atom. The Kier molecular flexibility index (Phi) is 7.56. The Balaban J connectivity index is 1.62. The number of benzene rings is 2. The van der Waals surface area contributed by atoms with E-state index in [2.05, 4.69) is 5.32 Å². The van der Waals surface area contributed by atoms with Crippen LogP contribution in [0.1, 0.15) is 32.1 Å². The third kappa shape index (κ3) is 5.57. The molecule has 1 aliphatic rings. The van der Waals surface area contributed by atoms with Gasteiger partial charge < -0.3 is 15.0 Å². The number of rotatable bonds is 8. The van der Waals surface area contributed by atoms with Crippen LogP contribution in [0.2, 0.25) is 0 Å². The fourth-order valence-corrected chi connectivity index (χ4v) is 5.38. The first-order chi connectivity index (χ1) is 14.8. The van der Waals surface area contributed by atoms with Crippen molar-refractivity contribution in [2.45, 2.75) is 43.0 Å². The predicted molar refractivity (Wildman–Crippen MR) is 123 cm³/mol. The van der Waals surface area contributed by atoms with Gasteiger partial charge in [-0.05, 0) is 49.2 Å². The summed E-state index contributed by atoms with van der Waals surface area (Å²) < 4.78 is 32.7. The van der Waals surface area contributed by atoms with Crippen LogP contribution in [0.4, 0.5) is 11.4 Å². The highest BCUT2D eigenvalue weighted by Gasteiger charge is 2.29. The van der Waals surface area contributed by atoms with E-state index >= 15 is 0 Å². The first kappa shape index (κ1) is 23.1. The zero-order chi connectivity index (χ0) is 22.4. The van der Waals surface area contributed by atoms with Gasteiger partial charge in [-0.3, -0.25) is 4.79 Å². The number of sulfonamides is 1. The van der Waals surface area contributed by atoms with E-state index in [1.54, 1.807) is 43.3 Å². The molecule has 1 saturated carbocycles. The molecule has 1 aliphatic carbocycles. The summed E-state index contributed by atoms with van der Waals surface area (Å²) in [5.74, 6) is 0.484. The van der Waals surface area contributed by atoms with Gasteiger partial charge in [-0.25, -0.2) is 8.42 Å². The predicted octanol–water partition coefficient (Wildman–Crippen LogP) is 3.72. The maximum Gasteiger partial charge on any atom is 0.243 e. The number of hydrogen-bond donors (Lipinski definition) is 1. The molecule has 0 bridgehead atoms. The molecule has 7 nitrogen and oxygen atoms in total. The molecule has 2 aromatic rings. The second-order valence-electron chi connectivity index (χ2n) is 7.91. The Morgan fingerprint density at radius 3 is 2.32 bits per heavy atom. The molecule has 3 rings (SSSR count). The van der Waals surface area contributed by atoms with Crippen molar-refractivity contribution < 1.29 is 17.9 Å². The second kappa shape index (κ2) is 10.2. The second-order valence-corrected chi connectivity index (χ2v) is 9.91. The first-order valence-electron chi connectivity index (χ1n) is 10.5. The largest absolute Gasteiger partial charge is 0.495 e. The number of ether oxygens (including phenoxy) is 1. The maximum absolute atomic E-state index is 12.9. The normalized spacial score (nSPS) is 15.0. The van der Waals surface area contributed by atoms with Crippen LogP contribution in [0.5, 0.6) is 5.75 Å². The highest BCUT2D eigenvalue weighted by molar-refractivity contribution is 7.89. The number of carbonyl (C=O) groups excluding carboxylic acids is 1. The molecule has 31 heavy (non-hydrogen) atoms. The summed E-state index contributed by atoms with van der Waals surface area (Å²) in [6.45, 7) is 0.130. The SMILES string of the molecule is COc1ccccc1N(C)CC(=O)Nc1ccc(S(=O)(=O)N(C)C2CCCCC2)cc1. The zero-order valence-corrected chi connectivity index (χ0v) is 19.2. The lowest BCUT2D eigenvalue weighted by Gasteiger charge is -2.30. The molecule has 0 saturated heterocycles. The van der Waals surface area contributed by atoms with Crippen LogP contribution in [0, 0.1) is 0 Å². The van der Waals surface area contributed by atoms with Gasteiger partial charge in [-0.1, -0.05) is 31.4 Å². The molecule has 1 amide bonds. The minimum Gasteiger partial charge on any atom is -0.495 e. The highest BCUT2D eigenvalue weighted by Crippen LogP contribution is 2.28. The average Bonchev–Trinajstić information content (AvgIpc) is 2.79. The van der Waals surface area contributed by atoms with Crippen molar-refractivity contribution in [1.29, 1.82) is 0 Å². The standard InChI is InChI=1S/C23H31N3O4S/c1-25(21-11-7-8-12-22(21)30-3)17-23(27)24-18-13-15-20(16-14-18)31(28,29)26(2)19-9-5-4-6-10-19/h7-8,11-16,19H,4-6,9-10,17H2,1-3H3,(H,24,27). The molecule has 0 atom stereocenters. The number of anilines is 2. The molecular formula is C23H31N3O4S. The molecule has 1 fully saturated rings. The van der Waals surface area contributed by atoms with Crippen molar-refractivity contribution in [3.05, 3.63) is 48.5 Å². The van der Waals surface area contributed by atoms with Crippen LogP contribution in [0.15, 0.2) is 53.4 Å². The van der Waals surface area contributed by atoms with Crippen LogP contribution in [-0.2, 0) is 14.8 Å². The molecular weight excluding hydrogens is 414 g/mol. The van der Waals surface area contributed by atoms with E-state index in [4.69, 9.17) is 4.74 Å². The molecule has 0 radical (unpaired) electrons. The minimum atomic E-state index is -3.55. The van der Waals surface area contributed by atoms with Crippen molar-refractivity contribution in [3.8, 4) is 5.75 Å². The number of nitrogens with zero attached hydrogens (tertiary/aromatic N) is 2. The van der Waals surface area contributed by atoms with Gasteiger partial charge in [-0.15, -0.1) is 0 Å². The molecule has 0 heterocycles. The Hall–Kier alpha value is -2.58. The summed E-state index contributed by atoms with van der Waals surface area (Å²) in [4.78, 5) is 14.5. The Labute approximate surface area is 185 Å².